The van der Waals surface area contributed by atoms with Crippen LogP contribution in [-0.4, -0.2) is 41.6 Å². The van der Waals surface area contributed by atoms with Gasteiger partial charge in [0.05, 0.1) is 0 Å². The number of hydrogen-bond donors (Lipinski definition) is 2. The summed E-state index contributed by atoms with van der Waals surface area (Å²) in [5, 5.41) is 9.44. The van der Waals surface area contributed by atoms with Crippen LogP contribution in [0.15, 0.2) is 48.5 Å². The van der Waals surface area contributed by atoms with E-state index in [0.29, 0.717) is 48.8 Å². The van der Waals surface area contributed by atoms with E-state index in [1.807, 2.05) is 4.90 Å². The molecule has 2 aromatic carbocycles. The van der Waals surface area contributed by atoms with Crippen molar-refractivity contribution < 1.29 is 36.2 Å². The molecule has 0 saturated carbocycles. The van der Waals surface area contributed by atoms with E-state index in [0.717, 1.165) is 18.6 Å². The minimum absolute atomic E-state index is 0.0894. The Balaban J connectivity index is 1.64. The maximum atomic E-state index is 13.0. The lowest BCUT2D eigenvalue weighted by molar-refractivity contribution is -0.376. The molecule has 3 rings (SSSR count). The zero-order chi connectivity index (χ0) is 22.2. The van der Waals surface area contributed by atoms with Crippen molar-refractivity contribution in [3.63, 3.8) is 0 Å². The van der Waals surface area contributed by atoms with Gasteiger partial charge in [0.1, 0.15) is 11.9 Å². The molecule has 0 bridgehead atoms. The first-order valence-corrected chi connectivity index (χ1v) is 9.10. The molecule has 30 heavy (non-hydrogen) atoms. The number of rotatable bonds is 5. The highest BCUT2D eigenvalue weighted by molar-refractivity contribution is 5.41. The maximum Gasteiger partial charge on any atom is 0.430 e. The summed E-state index contributed by atoms with van der Waals surface area (Å²) in [7, 11) is 0. The molecule has 0 amide bonds. The van der Waals surface area contributed by atoms with Gasteiger partial charge in [0.15, 0.2) is 0 Å². The Morgan fingerprint density at radius 1 is 0.933 bits per heavy atom. The average Bonchev–Trinajstić information content (AvgIpc) is 3.08. The van der Waals surface area contributed by atoms with E-state index in [9.17, 15) is 31.4 Å². The summed E-state index contributed by atoms with van der Waals surface area (Å²) in [6.07, 6.45) is -11.2. The van der Waals surface area contributed by atoms with Crippen molar-refractivity contribution in [2.24, 2.45) is 0 Å². The fourth-order valence-electron chi connectivity index (χ4n) is 3.37. The summed E-state index contributed by atoms with van der Waals surface area (Å²) in [4.78, 5) is 1.98. The normalized spacial score (nSPS) is 18.6. The molecule has 0 spiro atoms. The minimum atomic E-state index is -5.89. The summed E-state index contributed by atoms with van der Waals surface area (Å²) < 4.78 is 83.6. The van der Waals surface area contributed by atoms with Gasteiger partial charge < -0.3 is 15.6 Å². The average molecular weight is 434 g/mol. The van der Waals surface area contributed by atoms with E-state index in [-0.39, 0.29) is 6.10 Å². The zero-order valence-electron chi connectivity index (χ0n) is 15.7. The van der Waals surface area contributed by atoms with Gasteiger partial charge in [-0.25, -0.2) is 0 Å². The fraction of sp³-hybridized carbons (Fsp3) is 0.400. The molecule has 1 unspecified atom stereocenters. The van der Waals surface area contributed by atoms with E-state index >= 15 is 0 Å². The molecule has 1 aliphatic heterocycles. The van der Waals surface area contributed by atoms with Crippen LogP contribution in [0.4, 0.5) is 32.0 Å². The largest absolute Gasteiger partial charge is 0.489 e. The molecule has 1 atom stereocenters. The van der Waals surface area contributed by atoms with Crippen LogP contribution in [0, 0.1) is 0 Å². The Hall–Kier alpha value is -2.46. The van der Waals surface area contributed by atoms with Crippen molar-refractivity contribution in [3.8, 4) is 5.75 Å². The fourth-order valence-corrected chi connectivity index (χ4v) is 3.37. The van der Waals surface area contributed by atoms with Gasteiger partial charge in [-0.1, -0.05) is 24.3 Å². The molecule has 0 aliphatic carbocycles. The number of anilines is 1. The standard InChI is InChI=1S/C20H20F6N2O2/c21-19(22,23)18(29,20(24,25)26)14-3-1-13(2-4-14)11-28-10-9-17(12-28)30-16-7-5-15(27)6-8-16/h1-8,17,29H,9-12,27H2. The molecular formula is C20H20F6N2O2. The quantitative estimate of drug-likeness (QED) is 0.546. The number of nitrogen functional groups attached to an aromatic ring is 1. The molecule has 1 fully saturated rings. The Kier molecular flexibility index (Phi) is 5.92. The van der Waals surface area contributed by atoms with Crippen LogP contribution >= 0.6 is 0 Å². The molecule has 2 aromatic rings. The van der Waals surface area contributed by atoms with Gasteiger partial charge in [-0.15, -0.1) is 0 Å². The van der Waals surface area contributed by atoms with Crippen LogP contribution in [0.2, 0.25) is 0 Å². The first kappa shape index (κ1) is 22.2. The highest BCUT2D eigenvalue weighted by atomic mass is 19.4. The van der Waals surface area contributed by atoms with Gasteiger partial charge in [0, 0.05) is 30.9 Å². The Labute approximate surface area is 168 Å². The number of hydrogen-bond acceptors (Lipinski definition) is 4. The van der Waals surface area contributed by atoms with Gasteiger partial charge in [-0.2, -0.15) is 26.3 Å². The highest BCUT2D eigenvalue weighted by Gasteiger charge is 2.71. The lowest BCUT2D eigenvalue weighted by Crippen LogP contribution is -2.53. The summed E-state index contributed by atoms with van der Waals surface area (Å²) in [5.41, 5.74) is 0.584. The summed E-state index contributed by atoms with van der Waals surface area (Å²) >= 11 is 0. The lowest BCUT2D eigenvalue weighted by Gasteiger charge is -2.32. The van der Waals surface area contributed by atoms with Gasteiger partial charge in [0.2, 0.25) is 0 Å². The van der Waals surface area contributed by atoms with Crippen molar-refractivity contribution in [2.45, 2.75) is 37.0 Å². The Bertz CT molecular complexity index is 836. The molecule has 0 radical (unpaired) electrons. The summed E-state index contributed by atoms with van der Waals surface area (Å²) in [6.45, 7) is 1.55. The van der Waals surface area contributed by atoms with Crippen LogP contribution < -0.4 is 10.5 Å². The molecule has 1 aliphatic rings. The second-order valence-electron chi connectivity index (χ2n) is 7.24. The predicted molar refractivity (Wildman–Crippen MR) is 97.6 cm³/mol. The number of nitrogens with two attached hydrogens (primary N) is 1. The number of aliphatic hydroxyl groups is 1. The van der Waals surface area contributed by atoms with E-state index in [1.165, 1.54) is 0 Å². The van der Waals surface area contributed by atoms with Gasteiger partial charge in [-0.3, -0.25) is 4.90 Å². The van der Waals surface area contributed by atoms with Crippen molar-refractivity contribution in [1.29, 1.82) is 0 Å². The van der Waals surface area contributed by atoms with E-state index in [4.69, 9.17) is 10.5 Å². The summed E-state index contributed by atoms with van der Waals surface area (Å²) in [5.74, 6) is 0.666. The smallest absolute Gasteiger partial charge is 0.430 e. The first-order valence-electron chi connectivity index (χ1n) is 9.10. The molecule has 1 saturated heterocycles. The second-order valence-corrected chi connectivity index (χ2v) is 7.24. The van der Waals surface area contributed by atoms with Crippen LogP contribution in [0.3, 0.4) is 0 Å². The molecule has 0 aromatic heterocycles. The molecule has 3 N–H and O–H groups in total. The molecule has 4 nitrogen and oxygen atoms in total. The number of nitrogens with zero attached hydrogens (tertiary/aromatic N) is 1. The maximum absolute atomic E-state index is 13.0. The third-order valence-electron chi connectivity index (χ3n) is 5.01. The zero-order valence-corrected chi connectivity index (χ0v) is 15.7. The monoisotopic (exact) mass is 434 g/mol. The first-order chi connectivity index (χ1) is 13.9. The third kappa shape index (κ3) is 4.49. The van der Waals surface area contributed by atoms with Crippen LogP contribution in [0.1, 0.15) is 17.5 Å². The summed E-state index contributed by atoms with van der Waals surface area (Å²) in [6, 6.07) is 10.6. The van der Waals surface area contributed by atoms with E-state index in [1.54, 1.807) is 24.3 Å². The number of alkyl halides is 6. The highest BCUT2D eigenvalue weighted by Crippen LogP contribution is 2.49. The topological polar surface area (TPSA) is 58.7 Å². The van der Waals surface area contributed by atoms with Crippen LogP contribution in [0.5, 0.6) is 5.75 Å². The van der Waals surface area contributed by atoms with Crippen molar-refractivity contribution in [2.75, 3.05) is 18.8 Å². The van der Waals surface area contributed by atoms with Gasteiger partial charge in [0.25, 0.3) is 5.60 Å². The molecule has 10 heteroatoms. The molecular weight excluding hydrogens is 414 g/mol. The van der Waals surface area contributed by atoms with Gasteiger partial charge in [-0.05, 0) is 36.2 Å². The number of halogens is 6. The second kappa shape index (κ2) is 7.99. The van der Waals surface area contributed by atoms with Crippen molar-refractivity contribution in [1.82, 2.24) is 4.90 Å². The number of likely N-dealkylation sites (tertiary alicyclic amines) is 1. The molecule has 164 valence electrons. The number of benzene rings is 2. The number of ether oxygens (including phenoxy) is 1. The Morgan fingerprint density at radius 3 is 2.03 bits per heavy atom. The van der Waals surface area contributed by atoms with Crippen LogP contribution in [-0.2, 0) is 12.1 Å². The minimum Gasteiger partial charge on any atom is -0.489 e. The Morgan fingerprint density at radius 2 is 1.50 bits per heavy atom. The molecule has 1 heterocycles. The van der Waals surface area contributed by atoms with E-state index in [2.05, 4.69) is 0 Å². The lowest BCUT2D eigenvalue weighted by atomic mass is 9.91. The van der Waals surface area contributed by atoms with Crippen molar-refractivity contribution >= 4 is 5.69 Å². The van der Waals surface area contributed by atoms with Gasteiger partial charge >= 0.3 is 12.4 Å². The van der Waals surface area contributed by atoms with E-state index < -0.39 is 23.5 Å². The van der Waals surface area contributed by atoms with Crippen LogP contribution in [0.25, 0.3) is 0 Å². The third-order valence-corrected chi connectivity index (χ3v) is 5.01. The predicted octanol–water partition coefficient (Wildman–Crippen LogP) is 4.23. The van der Waals surface area contributed by atoms with Crippen molar-refractivity contribution in [3.05, 3.63) is 59.7 Å². The SMILES string of the molecule is Nc1ccc(OC2CCN(Cc3ccc(C(O)(C(F)(F)F)C(F)(F)F)cc3)C2)cc1.